The van der Waals surface area contributed by atoms with Crippen molar-refractivity contribution in [3.63, 3.8) is 0 Å². The number of carbonyl (C=O) groups excluding carboxylic acids is 1. The maximum Gasteiger partial charge on any atom is 0.416 e. The molecule has 0 spiro atoms. The number of amides is 1. The Hall–Kier alpha value is -3.23. The molecule has 4 rings (SSSR count). The first-order valence-corrected chi connectivity index (χ1v) is 8.58. The molecule has 0 aliphatic carbocycles. The Kier molecular flexibility index (Phi) is 4.58. The highest BCUT2D eigenvalue weighted by molar-refractivity contribution is 5.79. The lowest BCUT2D eigenvalue weighted by molar-refractivity contribution is -0.137. The molecule has 1 fully saturated rings. The topological polar surface area (TPSA) is 72.1 Å². The van der Waals surface area contributed by atoms with E-state index in [0.717, 1.165) is 17.7 Å². The summed E-state index contributed by atoms with van der Waals surface area (Å²) >= 11 is 0. The van der Waals surface area contributed by atoms with Gasteiger partial charge in [-0.25, -0.2) is 0 Å². The molecular weight excluding hydrogens is 373 g/mol. The number of hydrogen-bond donors (Lipinski definition) is 0. The molecule has 0 radical (unpaired) electrons. The zero-order valence-electron chi connectivity index (χ0n) is 14.6. The maximum atomic E-state index is 12.7. The summed E-state index contributed by atoms with van der Waals surface area (Å²) < 4.78 is 43.3. The minimum Gasteiger partial charge on any atom is -0.339 e. The molecule has 0 bridgehead atoms. The largest absolute Gasteiger partial charge is 0.416 e. The summed E-state index contributed by atoms with van der Waals surface area (Å²) in [6.07, 6.45) is -0.914. The molecule has 1 atom stereocenters. The van der Waals surface area contributed by atoms with Crippen LogP contribution in [0.4, 0.5) is 13.2 Å². The summed E-state index contributed by atoms with van der Waals surface area (Å²) in [5, 5.41) is 3.95. The van der Waals surface area contributed by atoms with E-state index in [-0.39, 0.29) is 24.8 Å². The molecule has 1 aliphatic heterocycles. The Morgan fingerprint density at radius 2 is 1.82 bits per heavy atom. The summed E-state index contributed by atoms with van der Waals surface area (Å²) in [4.78, 5) is 22.2. The van der Waals surface area contributed by atoms with Crippen LogP contribution >= 0.6 is 0 Å². The molecule has 1 unspecified atom stereocenters. The second kappa shape index (κ2) is 7.06. The van der Waals surface area contributed by atoms with E-state index >= 15 is 0 Å². The van der Waals surface area contributed by atoms with Gasteiger partial charge in [0.1, 0.15) is 0 Å². The fourth-order valence-corrected chi connectivity index (χ4v) is 3.13. The number of alkyl halides is 3. The lowest BCUT2D eigenvalue weighted by Crippen LogP contribution is -2.24. The monoisotopic (exact) mass is 388 g/mol. The van der Waals surface area contributed by atoms with Gasteiger partial charge in [-0.05, 0) is 29.8 Å². The molecule has 28 heavy (non-hydrogen) atoms. The number of hydrogen-bond acceptors (Lipinski definition) is 5. The van der Waals surface area contributed by atoms with Gasteiger partial charge in [0.25, 0.3) is 0 Å². The van der Waals surface area contributed by atoms with Crippen molar-refractivity contribution in [2.45, 2.75) is 25.1 Å². The predicted octanol–water partition coefficient (Wildman–Crippen LogP) is 3.67. The fourth-order valence-electron chi connectivity index (χ4n) is 3.13. The van der Waals surface area contributed by atoms with Crippen LogP contribution in [0.15, 0.2) is 53.3 Å². The third kappa shape index (κ3) is 3.73. The van der Waals surface area contributed by atoms with Crippen LogP contribution in [0.1, 0.15) is 29.4 Å². The van der Waals surface area contributed by atoms with Crippen molar-refractivity contribution in [3.8, 4) is 11.4 Å². The average Bonchev–Trinajstić information content (AvgIpc) is 3.30. The van der Waals surface area contributed by atoms with Crippen molar-refractivity contribution in [2.75, 3.05) is 6.54 Å². The predicted molar refractivity (Wildman–Crippen MR) is 91.7 cm³/mol. The Labute approximate surface area is 158 Å². The first-order valence-electron chi connectivity index (χ1n) is 8.58. The Balaban J connectivity index is 1.44. The number of nitrogens with zero attached hydrogens (tertiary/aromatic N) is 4. The number of halogens is 3. The van der Waals surface area contributed by atoms with Gasteiger partial charge in [0, 0.05) is 37.5 Å². The Morgan fingerprint density at radius 1 is 1.11 bits per heavy atom. The normalized spacial score (nSPS) is 17.3. The lowest BCUT2D eigenvalue weighted by atomic mass is 10.1. The minimum absolute atomic E-state index is 0.103. The minimum atomic E-state index is -4.38. The highest BCUT2D eigenvalue weighted by atomic mass is 19.4. The summed E-state index contributed by atoms with van der Waals surface area (Å²) in [5.41, 5.74) is 0.678. The Morgan fingerprint density at radius 3 is 2.50 bits per heavy atom. The van der Waals surface area contributed by atoms with Gasteiger partial charge in [-0.1, -0.05) is 17.3 Å². The molecule has 1 aromatic carbocycles. The zero-order valence-corrected chi connectivity index (χ0v) is 14.6. The standard InChI is InChI=1S/C19H15F3N4O2/c20-19(21,22)15-3-1-12(2-4-15)10-26-11-14(9-16(26)27)18-24-17(25-28-18)13-5-7-23-8-6-13/h1-8,14H,9-11H2. The molecule has 1 amide bonds. The third-order valence-electron chi connectivity index (χ3n) is 4.60. The van der Waals surface area contributed by atoms with E-state index in [1.807, 2.05) is 0 Å². The lowest BCUT2D eigenvalue weighted by Gasteiger charge is -2.16. The van der Waals surface area contributed by atoms with Gasteiger partial charge in [-0.3, -0.25) is 9.78 Å². The van der Waals surface area contributed by atoms with Crippen LogP contribution in [-0.2, 0) is 17.5 Å². The van der Waals surface area contributed by atoms with E-state index in [2.05, 4.69) is 15.1 Å². The van der Waals surface area contributed by atoms with Gasteiger partial charge in [0.15, 0.2) is 0 Å². The number of pyridine rings is 1. The van der Waals surface area contributed by atoms with E-state index in [1.165, 1.54) is 12.1 Å². The molecule has 1 aliphatic rings. The summed E-state index contributed by atoms with van der Waals surface area (Å²) in [6.45, 7) is 0.608. The molecule has 0 N–H and O–H groups in total. The van der Waals surface area contributed by atoms with E-state index in [4.69, 9.17) is 4.52 Å². The van der Waals surface area contributed by atoms with E-state index in [0.29, 0.717) is 23.8 Å². The van der Waals surface area contributed by atoms with E-state index in [9.17, 15) is 18.0 Å². The maximum absolute atomic E-state index is 12.7. The van der Waals surface area contributed by atoms with Gasteiger partial charge < -0.3 is 9.42 Å². The summed E-state index contributed by atoms with van der Waals surface area (Å²) in [6, 6.07) is 8.32. The second-order valence-electron chi connectivity index (χ2n) is 6.56. The average molecular weight is 388 g/mol. The van der Waals surface area contributed by atoms with Gasteiger partial charge >= 0.3 is 6.18 Å². The number of likely N-dealkylation sites (tertiary alicyclic amines) is 1. The smallest absolute Gasteiger partial charge is 0.339 e. The van der Waals surface area contributed by atoms with Crippen LogP contribution < -0.4 is 0 Å². The number of aromatic nitrogens is 3. The molecule has 9 heteroatoms. The fraction of sp³-hybridized carbons (Fsp3) is 0.263. The van der Waals surface area contributed by atoms with Crippen LogP contribution in [0.25, 0.3) is 11.4 Å². The number of rotatable bonds is 4. The van der Waals surface area contributed by atoms with Gasteiger partial charge in [0.2, 0.25) is 17.6 Å². The van der Waals surface area contributed by atoms with Crippen molar-refractivity contribution in [3.05, 3.63) is 65.8 Å². The van der Waals surface area contributed by atoms with E-state index in [1.54, 1.807) is 29.4 Å². The molecular formula is C19H15F3N4O2. The number of carbonyl (C=O) groups is 1. The molecule has 6 nitrogen and oxygen atoms in total. The third-order valence-corrected chi connectivity index (χ3v) is 4.60. The highest BCUT2D eigenvalue weighted by Crippen LogP contribution is 2.31. The van der Waals surface area contributed by atoms with Crippen LogP contribution in [0, 0.1) is 0 Å². The Bertz CT molecular complexity index is 971. The van der Waals surface area contributed by atoms with Crippen molar-refractivity contribution < 1.29 is 22.5 Å². The van der Waals surface area contributed by atoms with Gasteiger partial charge in [0.05, 0.1) is 11.5 Å². The van der Waals surface area contributed by atoms with Crippen molar-refractivity contribution in [1.82, 2.24) is 20.0 Å². The van der Waals surface area contributed by atoms with Crippen molar-refractivity contribution in [2.24, 2.45) is 0 Å². The van der Waals surface area contributed by atoms with E-state index < -0.39 is 11.7 Å². The first-order chi connectivity index (χ1) is 13.4. The van der Waals surface area contributed by atoms with Crippen molar-refractivity contribution >= 4 is 5.91 Å². The molecule has 3 heterocycles. The molecule has 3 aromatic rings. The van der Waals surface area contributed by atoms with Gasteiger partial charge in [-0.2, -0.15) is 18.2 Å². The summed E-state index contributed by atoms with van der Waals surface area (Å²) in [7, 11) is 0. The molecule has 0 saturated carbocycles. The van der Waals surface area contributed by atoms with Crippen LogP contribution in [0.5, 0.6) is 0 Å². The SMILES string of the molecule is O=C1CC(c2nc(-c3ccncc3)no2)CN1Cc1ccc(C(F)(F)F)cc1. The highest BCUT2D eigenvalue weighted by Gasteiger charge is 2.35. The van der Waals surface area contributed by atoms with Crippen LogP contribution in [-0.4, -0.2) is 32.5 Å². The zero-order chi connectivity index (χ0) is 19.7. The summed E-state index contributed by atoms with van der Waals surface area (Å²) in [5.74, 6) is 0.444. The molecule has 144 valence electrons. The van der Waals surface area contributed by atoms with Crippen LogP contribution in [0.2, 0.25) is 0 Å². The molecule has 2 aromatic heterocycles. The quantitative estimate of drug-likeness (QED) is 0.682. The van der Waals surface area contributed by atoms with Gasteiger partial charge in [-0.15, -0.1) is 0 Å². The second-order valence-corrected chi connectivity index (χ2v) is 6.56. The van der Waals surface area contributed by atoms with Crippen LogP contribution in [0.3, 0.4) is 0 Å². The molecule has 1 saturated heterocycles. The number of benzene rings is 1. The van der Waals surface area contributed by atoms with Crippen molar-refractivity contribution in [1.29, 1.82) is 0 Å². The first kappa shape index (κ1) is 18.1.